The highest BCUT2D eigenvalue weighted by molar-refractivity contribution is 8.76. The van der Waals surface area contributed by atoms with Gasteiger partial charge in [0.05, 0.1) is 22.5 Å². The number of nitrogens with zero attached hydrogens (tertiary/aromatic N) is 2. The second kappa shape index (κ2) is 14.3. The first-order valence-electron chi connectivity index (χ1n) is 18.5. The van der Waals surface area contributed by atoms with Gasteiger partial charge in [-0.3, -0.25) is 9.59 Å². The monoisotopic (exact) mass is 757 g/mol. The van der Waals surface area contributed by atoms with Crippen molar-refractivity contribution in [2.75, 3.05) is 0 Å². The van der Waals surface area contributed by atoms with Gasteiger partial charge in [0.1, 0.15) is 0 Å². The lowest BCUT2D eigenvalue weighted by Gasteiger charge is -2.14. The van der Waals surface area contributed by atoms with Gasteiger partial charge in [-0.25, -0.2) is 0 Å². The predicted molar refractivity (Wildman–Crippen MR) is 229 cm³/mol. The molecule has 1 unspecified atom stereocenters. The van der Waals surface area contributed by atoms with Crippen LogP contribution >= 0.6 is 21.6 Å². The molecule has 6 aromatic carbocycles. The van der Waals surface area contributed by atoms with E-state index in [1.54, 1.807) is 21.6 Å². The Morgan fingerprint density at radius 2 is 1.12 bits per heavy atom. The van der Waals surface area contributed by atoms with Gasteiger partial charge in [0.25, 0.3) is 11.5 Å². The number of ketones is 2. The summed E-state index contributed by atoms with van der Waals surface area (Å²) in [7, 11) is 3.43. The molecule has 9 aromatic rings. The summed E-state index contributed by atoms with van der Waals surface area (Å²) in [6, 6.07) is 59.0. The number of carbonyl (C=O) groups excluding carboxylic acids is 2. The van der Waals surface area contributed by atoms with Crippen molar-refractivity contribution in [3.8, 4) is 11.1 Å². The minimum atomic E-state index is -0.142. The number of fused-ring (bicyclic) bond motifs is 6. The summed E-state index contributed by atoms with van der Waals surface area (Å²) in [6.45, 7) is 0. The molecule has 0 saturated heterocycles. The number of aromatic nitrogens is 2. The third-order valence-electron chi connectivity index (χ3n) is 10.6. The molecule has 1 aliphatic rings. The van der Waals surface area contributed by atoms with E-state index in [4.69, 9.17) is 0 Å². The largest absolute Gasteiger partial charge is 0.312 e. The van der Waals surface area contributed by atoms with E-state index in [1.807, 2.05) is 73.1 Å². The van der Waals surface area contributed by atoms with Gasteiger partial charge >= 0.3 is 0 Å². The maximum atomic E-state index is 14.1. The highest BCUT2D eigenvalue weighted by Gasteiger charge is 2.39. The van der Waals surface area contributed by atoms with Crippen molar-refractivity contribution >= 4 is 65.9 Å². The Bertz CT molecular complexity index is 3020. The Morgan fingerprint density at radius 1 is 0.536 bits per heavy atom. The van der Waals surface area contributed by atoms with Gasteiger partial charge in [0, 0.05) is 50.2 Å². The van der Waals surface area contributed by atoms with Crippen LogP contribution in [0.15, 0.2) is 204 Å². The van der Waals surface area contributed by atoms with Crippen LogP contribution in [0.25, 0.3) is 43.9 Å². The van der Waals surface area contributed by atoms with E-state index in [-0.39, 0.29) is 17.5 Å². The van der Waals surface area contributed by atoms with E-state index in [1.165, 1.54) is 0 Å². The van der Waals surface area contributed by atoms with Crippen LogP contribution in [0.5, 0.6) is 0 Å². The van der Waals surface area contributed by atoms with Crippen LogP contribution in [-0.4, -0.2) is 16.0 Å². The van der Waals surface area contributed by atoms with E-state index in [0.29, 0.717) is 22.5 Å². The van der Waals surface area contributed by atoms with Crippen molar-refractivity contribution in [3.63, 3.8) is 0 Å². The Balaban J connectivity index is 1.06. The lowest BCUT2D eigenvalue weighted by Crippen LogP contribution is -2.37. The smallest absolute Gasteiger partial charge is 0.256 e. The molecule has 10 rings (SSSR count). The Morgan fingerprint density at radius 3 is 1.89 bits per heavy atom. The van der Waals surface area contributed by atoms with Crippen LogP contribution in [-0.2, 0) is 0 Å². The maximum absolute atomic E-state index is 14.1. The zero-order chi connectivity index (χ0) is 37.6. The van der Waals surface area contributed by atoms with Crippen LogP contribution in [0.4, 0.5) is 0 Å². The highest BCUT2D eigenvalue weighted by Crippen LogP contribution is 2.48. The van der Waals surface area contributed by atoms with Gasteiger partial charge in [-0.05, 0) is 52.2 Å². The first kappa shape index (κ1) is 34.1. The molecular formula is C50H33N2O2S2+. The molecular weight excluding hydrogens is 725 g/mol. The lowest BCUT2D eigenvalue weighted by atomic mass is 9.93. The predicted octanol–water partition coefficient (Wildman–Crippen LogP) is 12.1. The van der Waals surface area contributed by atoms with Crippen molar-refractivity contribution in [2.24, 2.45) is 0 Å². The second-order valence-electron chi connectivity index (χ2n) is 13.8. The van der Waals surface area contributed by atoms with E-state index in [0.717, 1.165) is 59.2 Å². The number of hydrogen-bond donors (Lipinski definition) is 0. The van der Waals surface area contributed by atoms with Crippen molar-refractivity contribution in [1.82, 2.24) is 4.40 Å². The molecule has 0 amide bonds. The summed E-state index contributed by atoms with van der Waals surface area (Å²) in [6.07, 6.45) is 6.19. The summed E-state index contributed by atoms with van der Waals surface area (Å²) < 4.78 is 4.14. The molecule has 0 spiro atoms. The number of pyridine rings is 2. The van der Waals surface area contributed by atoms with E-state index in [2.05, 4.69) is 130 Å². The minimum Gasteiger partial charge on any atom is -0.312 e. The summed E-state index contributed by atoms with van der Waals surface area (Å²) >= 11 is 0. The molecule has 0 radical (unpaired) electrons. The van der Waals surface area contributed by atoms with Gasteiger partial charge in [0.2, 0.25) is 11.5 Å². The number of rotatable bonds is 9. The van der Waals surface area contributed by atoms with Crippen molar-refractivity contribution in [3.05, 3.63) is 222 Å². The first-order valence-corrected chi connectivity index (χ1v) is 20.7. The lowest BCUT2D eigenvalue weighted by molar-refractivity contribution is -0.579. The molecule has 6 heteroatoms. The van der Waals surface area contributed by atoms with Gasteiger partial charge in [-0.2, -0.15) is 4.57 Å². The zero-order valence-corrected chi connectivity index (χ0v) is 31.7. The van der Waals surface area contributed by atoms with Crippen LogP contribution in [0.3, 0.4) is 0 Å². The van der Waals surface area contributed by atoms with Crippen molar-refractivity contribution in [1.29, 1.82) is 0 Å². The molecule has 266 valence electrons. The summed E-state index contributed by atoms with van der Waals surface area (Å²) in [5.41, 5.74) is 7.92. The molecule has 0 aliphatic carbocycles. The maximum Gasteiger partial charge on any atom is 0.256 e. The highest BCUT2D eigenvalue weighted by atomic mass is 33.1. The van der Waals surface area contributed by atoms with E-state index in [9.17, 15) is 9.59 Å². The van der Waals surface area contributed by atoms with Gasteiger partial charge < -0.3 is 4.40 Å². The molecule has 0 bridgehead atoms. The van der Waals surface area contributed by atoms with Crippen molar-refractivity contribution in [2.45, 2.75) is 15.7 Å². The quantitative estimate of drug-likeness (QED) is 0.0835. The molecule has 0 fully saturated rings. The molecule has 1 aliphatic heterocycles. The SMILES string of the molecule is O=C(C1=CC(c2ccccc2SSc2ccccc2-c2cc(C(=O)c3ccccc3)n3ccc4ccccc4c23)c2c3ccccc3cc[n+]21)c1ccccc1. The van der Waals surface area contributed by atoms with E-state index < -0.39 is 0 Å². The average molecular weight is 758 g/mol. The number of benzene rings is 6. The fraction of sp³-hybridized carbons (Fsp3) is 0.0200. The summed E-state index contributed by atoms with van der Waals surface area (Å²) in [4.78, 5) is 30.3. The molecule has 4 nitrogen and oxygen atoms in total. The molecule has 56 heavy (non-hydrogen) atoms. The zero-order valence-electron chi connectivity index (χ0n) is 30.1. The minimum absolute atomic E-state index is 0.000464. The third kappa shape index (κ3) is 5.86. The topological polar surface area (TPSA) is 42.4 Å². The van der Waals surface area contributed by atoms with Crippen LogP contribution in [0.1, 0.15) is 43.6 Å². The molecule has 0 N–H and O–H groups in total. The summed E-state index contributed by atoms with van der Waals surface area (Å²) in [5, 5.41) is 4.47. The fourth-order valence-corrected chi connectivity index (χ4v) is 10.4. The standard InChI is InChI=1S/C50H33N2O2S2/c53-49(35-17-3-1-4-18-35)43-31-41(47-37-21-9-7-15-33(37)27-29-51(43)47)39-23-11-13-25-45(39)55-56-46-26-14-12-24-40(46)42-32-44(50(54)36-19-5-2-6-20-36)52-30-28-34-16-8-10-22-38(34)48(42)52/h1-32,41H/q+1. The average Bonchev–Trinajstić information content (AvgIpc) is 3.86. The van der Waals surface area contributed by atoms with Crippen molar-refractivity contribution < 1.29 is 14.2 Å². The normalized spacial score (nSPS) is 13.6. The Labute approximate surface area is 332 Å². The number of allylic oxidation sites excluding steroid dienone is 2. The van der Waals surface area contributed by atoms with Gasteiger partial charge in [-0.1, -0.05) is 161 Å². The molecule has 4 heterocycles. The fourth-order valence-electron chi connectivity index (χ4n) is 7.99. The number of hydrogen-bond acceptors (Lipinski definition) is 4. The molecule has 3 aromatic heterocycles. The first-order chi connectivity index (χ1) is 27.6. The van der Waals surface area contributed by atoms with E-state index >= 15 is 0 Å². The van der Waals surface area contributed by atoms with Crippen LogP contribution in [0.2, 0.25) is 0 Å². The van der Waals surface area contributed by atoms with Gasteiger partial charge in [-0.15, -0.1) is 0 Å². The number of carbonyl (C=O) groups is 2. The van der Waals surface area contributed by atoms with Gasteiger partial charge in [0.15, 0.2) is 6.20 Å². The molecule has 0 saturated carbocycles. The Kier molecular flexibility index (Phi) is 8.70. The van der Waals surface area contributed by atoms with Crippen LogP contribution < -0.4 is 4.57 Å². The summed E-state index contributed by atoms with van der Waals surface area (Å²) in [5.74, 6) is -0.159. The number of Topliss-reactive ketones (excluding diaryl/α,β-unsaturated/α-hetero) is 1. The Hall–Kier alpha value is -6.47. The second-order valence-corrected chi connectivity index (χ2v) is 16.1. The third-order valence-corrected chi connectivity index (χ3v) is 13.1. The van der Waals surface area contributed by atoms with Crippen LogP contribution in [0, 0.1) is 0 Å². The molecule has 1 atom stereocenters.